The van der Waals surface area contributed by atoms with E-state index in [1.165, 1.54) is 6.07 Å². The molecule has 0 aliphatic rings. The lowest BCUT2D eigenvalue weighted by Gasteiger charge is -2.13. The van der Waals surface area contributed by atoms with Gasteiger partial charge in [-0.2, -0.15) is 5.10 Å². The van der Waals surface area contributed by atoms with Crippen LogP contribution in [0.5, 0.6) is 0 Å². The monoisotopic (exact) mass is 293 g/mol. The Labute approximate surface area is 123 Å². The first kappa shape index (κ1) is 15.5. The summed E-state index contributed by atoms with van der Waals surface area (Å²) in [4.78, 5) is 0. The largest absolute Gasteiger partial charge is 0.389 e. The van der Waals surface area contributed by atoms with Crippen molar-refractivity contribution in [3.05, 3.63) is 47.5 Å². The summed E-state index contributed by atoms with van der Waals surface area (Å²) in [7, 11) is 1.84. The highest BCUT2D eigenvalue weighted by molar-refractivity contribution is 5.45. The van der Waals surface area contributed by atoms with Gasteiger partial charge >= 0.3 is 0 Å². The number of aliphatic hydroxyl groups is 1. The summed E-state index contributed by atoms with van der Waals surface area (Å²) in [5, 5.41) is 17.2. The number of aryl methyl sites for hydroxylation is 2. The minimum atomic E-state index is -0.670. The molecule has 1 unspecified atom stereocenters. The molecule has 1 aromatic carbocycles. The molecule has 0 saturated carbocycles. The van der Waals surface area contributed by atoms with E-state index in [-0.39, 0.29) is 19.0 Å². The van der Waals surface area contributed by atoms with Crippen molar-refractivity contribution >= 4 is 5.69 Å². The quantitative estimate of drug-likeness (QED) is 0.818. The number of anilines is 1. The van der Waals surface area contributed by atoms with Crippen LogP contribution in [0, 0.1) is 12.7 Å². The average Bonchev–Trinajstić information content (AvgIpc) is 2.77. The highest BCUT2D eigenvalue weighted by atomic mass is 19.1. The Bertz CT molecular complexity index is 586. The van der Waals surface area contributed by atoms with Crippen LogP contribution < -0.4 is 5.32 Å². The second-order valence-electron chi connectivity index (χ2n) is 4.94. The Morgan fingerprint density at radius 2 is 2.19 bits per heavy atom. The van der Waals surface area contributed by atoms with Crippen molar-refractivity contribution in [1.29, 1.82) is 0 Å². The molecule has 2 rings (SSSR count). The fraction of sp³-hybridized carbons (Fsp3) is 0.400. The maximum atomic E-state index is 13.4. The van der Waals surface area contributed by atoms with Gasteiger partial charge in [0.15, 0.2) is 0 Å². The lowest BCUT2D eigenvalue weighted by Crippen LogP contribution is -2.25. The molecule has 114 valence electrons. The van der Waals surface area contributed by atoms with E-state index in [0.29, 0.717) is 12.1 Å². The molecule has 0 saturated heterocycles. The van der Waals surface area contributed by atoms with Gasteiger partial charge in [0.25, 0.3) is 0 Å². The van der Waals surface area contributed by atoms with E-state index in [0.717, 1.165) is 11.4 Å². The van der Waals surface area contributed by atoms with Gasteiger partial charge in [-0.3, -0.25) is 4.68 Å². The number of halogens is 1. The predicted octanol–water partition coefficient (Wildman–Crippen LogP) is 1.86. The van der Waals surface area contributed by atoms with Crippen LogP contribution in [0.15, 0.2) is 30.5 Å². The normalized spacial score (nSPS) is 12.4. The smallest absolute Gasteiger partial charge is 0.128 e. The van der Waals surface area contributed by atoms with Gasteiger partial charge in [-0.15, -0.1) is 0 Å². The second-order valence-corrected chi connectivity index (χ2v) is 4.94. The van der Waals surface area contributed by atoms with E-state index < -0.39 is 6.10 Å². The molecule has 2 aromatic rings. The maximum Gasteiger partial charge on any atom is 0.128 e. The first-order valence-electron chi connectivity index (χ1n) is 6.79. The minimum absolute atomic E-state index is 0.140. The molecule has 1 aromatic heterocycles. The molecular formula is C15H20FN3O2. The van der Waals surface area contributed by atoms with Gasteiger partial charge in [0, 0.05) is 25.4 Å². The molecule has 0 bridgehead atoms. The Kier molecular flexibility index (Phi) is 5.30. The van der Waals surface area contributed by atoms with Crippen LogP contribution in [-0.4, -0.2) is 34.1 Å². The SMILES string of the molecule is Cc1nn(C)cc1NCC(O)COCc1ccccc1F. The molecule has 0 spiro atoms. The molecule has 1 heterocycles. The molecule has 0 aliphatic heterocycles. The maximum absolute atomic E-state index is 13.4. The topological polar surface area (TPSA) is 59.3 Å². The lowest BCUT2D eigenvalue weighted by atomic mass is 10.2. The third kappa shape index (κ3) is 4.54. The highest BCUT2D eigenvalue weighted by Gasteiger charge is 2.08. The summed E-state index contributed by atoms with van der Waals surface area (Å²) in [5.74, 6) is -0.295. The van der Waals surface area contributed by atoms with Crippen molar-refractivity contribution in [2.45, 2.75) is 19.6 Å². The Morgan fingerprint density at radius 1 is 1.43 bits per heavy atom. The zero-order valence-corrected chi connectivity index (χ0v) is 12.2. The molecule has 2 N–H and O–H groups in total. The van der Waals surface area contributed by atoms with Crippen LogP contribution in [0.25, 0.3) is 0 Å². The van der Waals surface area contributed by atoms with E-state index in [4.69, 9.17) is 4.74 Å². The van der Waals surface area contributed by atoms with E-state index in [9.17, 15) is 9.50 Å². The van der Waals surface area contributed by atoms with Crippen molar-refractivity contribution in [2.24, 2.45) is 7.05 Å². The average molecular weight is 293 g/mol. The Morgan fingerprint density at radius 3 is 2.86 bits per heavy atom. The van der Waals surface area contributed by atoms with Gasteiger partial charge in [-0.25, -0.2) is 4.39 Å². The van der Waals surface area contributed by atoms with Crippen LogP contribution in [0.1, 0.15) is 11.3 Å². The summed E-state index contributed by atoms with van der Waals surface area (Å²) in [6, 6.07) is 6.44. The summed E-state index contributed by atoms with van der Waals surface area (Å²) in [6.07, 6.45) is 1.18. The molecule has 0 radical (unpaired) electrons. The van der Waals surface area contributed by atoms with Gasteiger partial charge in [0.2, 0.25) is 0 Å². The minimum Gasteiger partial charge on any atom is -0.389 e. The van der Waals surface area contributed by atoms with Gasteiger partial charge in [0.05, 0.1) is 30.7 Å². The number of rotatable bonds is 7. The Balaban J connectivity index is 1.71. The number of aromatic nitrogens is 2. The molecule has 21 heavy (non-hydrogen) atoms. The number of nitrogens with one attached hydrogen (secondary N) is 1. The molecule has 0 aliphatic carbocycles. The molecule has 6 heteroatoms. The highest BCUT2D eigenvalue weighted by Crippen LogP contribution is 2.11. The first-order chi connectivity index (χ1) is 10.1. The molecule has 0 fully saturated rings. The molecule has 0 amide bonds. The zero-order chi connectivity index (χ0) is 15.2. The number of benzene rings is 1. The van der Waals surface area contributed by atoms with E-state index in [1.54, 1.807) is 22.9 Å². The third-order valence-electron chi connectivity index (χ3n) is 3.07. The molecular weight excluding hydrogens is 273 g/mol. The van der Waals surface area contributed by atoms with Crippen LogP contribution >= 0.6 is 0 Å². The van der Waals surface area contributed by atoms with E-state index >= 15 is 0 Å². The van der Waals surface area contributed by atoms with Crippen molar-refractivity contribution in [3.8, 4) is 0 Å². The van der Waals surface area contributed by atoms with Gasteiger partial charge in [-0.05, 0) is 13.0 Å². The predicted molar refractivity (Wildman–Crippen MR) is 78.5 cm³/mol. The summed E-state index contributed by atoms with van der Waals surface area (Å²) < 4.78 is 20.4. The number of hydrogen-bond donors (Lipinski definition) is 2. The van der Waals surface area contributed by atoms with Gasteiger partial charge in [-0.1, -0.05) is 18.2 Å². The summed E-state index contributed by atoms with van der Waals surface area (Å²) in [6.45, 7) is 2.53. The van der Waals surface area contributed by atoms with Crippen molar-refractivity contribution in [1.82, 2.24) is 9.78 Å². The number of ether oxygens (including phenoxy) is 1. The third-order valence-corrected chi connectivity index (χ3v) is 3.07. The van der Waals surface area contributed by atoms with Crippen LogP contribution in [-0.2, 0) is 18.4 Å². The van der Waals surface area contributed by atoms with Crippen molar-refractivity contribution in [3.63, 3.8) is 0 Å². The van der Waals surface area contributed by atoms with Crippen molar-refractivity contribution < 1.29 is 14.2 Å². The molecule has 5 nitrogen and oxygen atoms in total. The fourth-order valence-electron chi connectivity index (χ4n) is 1.98. The van der Waals surface area contributed by atoms with Crippen molar-refractivity contribution in [2.75, 3.05) is 18.5 Å². The summed E-state index contributed by atoms with van der Waals surface area (Å²) >= 11 is 0. The van der Waals surface area contributed by atoms with Crippen LogP contribution in [0.3, 0.4) is 0 Å². The molecule has 1 atom stereocenters. The van der Waals surface area contributed by atoms with E-state index in [1.807, 2.05) is 20.2 Å². The zero-order valence-electron chi connectivity index (χ0n) is 12.2. The number of nitrogens with zero attached hydrogens (tertiary/aromatic N) is 2. The van der Waals surface area contributed by atoms with Gasteiger partial charge < -0.3 is 15.2 Å². The standard InChI is InChI=1S/C15H20FN3O2/c1-11-15(8-19(2)18-11)17-7-13(20)10-21-9-12-5-3-4-6-14(12)16/h3-6,8,13,17,20H,7,9-10H2,1-2H3. The number of hydrogen-bond acceptors (Lipinski definition) is 4. The summed E-state index contributed by atoms with van der Waals surface area (Å²) in [5.41, 5.74) is 2.24. The van der Waals surface area contributed by atoms with Gasteiger partial charge in [0.1, 0.15) is 5.82 Å². The van der Waals surface area contributed by atoms with Crippen LogP contribution in [0.2, 0.25) is 0 Å². The fourth-order valence-corrected chi connectivity index (χ4v) is 1.98. The lowest BCUT2D eigenvalue weighted by molar-refractivity contribution is 0.0337. The first-order valence-corrected chi connectivity index (χ1v) is 6.79. The van der Waals surface area contributed by atoms with Crippen LogP contribution in [0.4, 0.5) is 10.1 Å². The Hall–Kier alpha value is -1.92. The second kappa shape index (κ2) is 7.19. The number of aliphatic hydroxyl groups excluding tert-OH is 1. The van der Waals surface area contributed by atoms with E-state index in [2.05, 4.69) is 10.4 Å².